The summed E-state index contributed by atoms with van der Waals surface area (Å²) >= 11 is 13.9. The fourth-order valence-electron chi connectivity index (χ4n) is 2.31. The third-order valence-corrected chi connectivity index (χ3v) is 8.01. The highest BCUT2D eigenvalue weighted by Gasteiger charge is 2.21. The number of thioether (sulfide) groups is 1. The smallest absolute Gasteiger partial charge is 0.269 e. The molecule has 0 bridgehead atoms. The number of rotatable bonds is 9. The molecule has 164 valence electrons. The lowest BCUT2D eigenvalue weighted by Crippen LogP contribution is -2.26. The SMILES string of the molecule is O=C(Nc1nnc(S(=O)(=O)NCCSCc2ccccc2F)s1)c1ccc(Cl)cc1Cl. The fourth-order valence-corrected chi connectivity index (χ4v) is 5.75. The highest BCUT2D eigenvalue weighted by Crippen LogP contribution is 2.24. The summed E-state index contributed by atoms with van der Waals surface area (Å²) in [6.45, 7) is 0.128. The molecule has 0 saturated carbocycles. The van der Waals surface area contributed by atoms with Gasteiger partial charge in [-0.25, -0.2) is 17.5 Å². The monoisotopic (exact) mass is 520 g/mol. The van der Waals surface area contributed by atoms with Crippen LogP contribution in [0.15, 0.2) is 46.8 Å². The normalized spacial score (nSPS) is 11.5. The van der Waals surface area contributed by atoms with Crippen LogP contribution in [0.2, 0.25) is 10.0 Å². The van der Waals surface area contributed by atoms with E-state index in [1.165, 1.54) is 36.0 Å². The Bertz CT molecular complexity index is 1190. The number of nitrogens with one attached hydrogen (secondary N) is 2. The van der Waals surface area contributed by atoms with E-state index in [0.29, 0.717) is 33.4 Å². The molecule has 31 heavy (non-hydrogen) atoms. The van der Waals surface area contributed by atoms with E-state index in [2.05, 4.69) is 20.2 Å². The second kappa shape index (κ2) is 10.7. The summed E-state index contributed by atoms with van der Waals surface area (Å²) < 4.78 is 40.4. The molecule has 0 saturated heterocycles. The van der Waals surface area contributed by atoms with Crippen LogP contribution in [0, 0.1) is 5.82 Å². The Morgan fingerprint density at radius 2 is 1.94 bits per heavy atom. The molecule has 13 heteroatoms. The summed E-state index contributed by atoms with van der Waals surface area (Å²) in [6.07, 6.45) is 0. The van der Waals surface area contributed by atoms with Crippen LogP contribution in [0.25, 0.3) is 0 Å². The van der Waals surface area contributed by atoms with Gasteiger partial charge in [-0.15, -0.1) is 10.2 Å². The van der Waals surface area contributed by atoms with Crippen molar-refractivity contribution in [2.75, 3.05) is 17.6 Å². The zero-order chi connectivity index (χ0) is 22.4. The first kappa shape index (κ1) is 23.9. The number of benzene rings is 2. The molecule has 2 N–H and O–H groups in total. The number of amides is 1. The number of carbonyl (C=O) groups excluding carboxylic acids is 1. The molecule has 1 heterocycles. The lowest BCUT2D eigenvalue weighted by atomic mass is 10.2. The summed E-state index contributed by atoms with van der Waals surface area (Å²) in [6, 6.07) is 10.8. The minimum Gasteiger partial charge on any atom is -0.296 e. The molecule has 0 atom stereocenters. The molecule has 2 aromatic carbocycles. The van der Waals surface area contributed by atoms with E-state index < -0.39 is 15.9 Å². The number of anilines is 1. The van der Waals surface area contributed by atoms with Gasteiger partial charge in [-0.3, -0.25) is 10.1 Å². The Morgan fingerprint density at radius 1 is 1.16 bits per heavy atom. The van der Waals surface area contributed by atoms with Crippen molar-refractivity contribution in [3.05, 3.63) is 69.5 Å². The van der Waals surface area contributed by atoms with Gasteiger partial charge in [0.15, 0.2) is 0 Å². The van der Waals surface area contributed by atoms with Crippen LogP contribution in [-0.2, 0) is 15.8 Å². The predicted octanol–water partition coefficient (Wildman–Crippen LogP) is 4.45. The second-order valence-electron chi connectivity index (χ2n) is 5.99. The van der Waals surface area contributed by atoms with Crippen LogP contribution < -0.4 is 10.0 Å². The molecular formula is C18H15Cl2FN4O3S3. The number of nitrogens with zero attached hydrogens (tertiary/aromatic N) is 2. The van der Waals surface area contributed by atoms with Crippen LogP contribution in [0.1, 0.15) is 15.9 Å². The fraction of sp³-hybridized carbons (Fsp3) is 0.167. The zero-order valence-electron chi connectivity index (χ0n) is 15.6. The first-order valence-corrected chi connectivity index (χ1v) is 12.9. The summed E-state index contributed by atoms with van der Waals surface area (Å²) in [4.78, 5) is 12.3. The Balaban J connectivity index is 1.52. The maximum atomic E-state index is 13.6. The van der Waals surface area contributed by atoms with Crippen LogP contribution in [0.4, 0.5) is 9.52 Å². The van der Waals surface area contributed by atoms with Gasteiger partial charge in [0.1, 0.15) is 5.82 Å². The summed E-state index contributed by atoms with van der Waals surface area (Å²) in [5.41, 5.74) is 0.719. The third-order valence-electron chi connectivity index (χ3n) is 3.79. The zero-order valence-corrected chi connectivity index (χ0v) is 19.6. The van der Waals surface area contributed by atoms with Crippen molar-refractivity contribution in [3.63, 3.8) is 0 Å². The van der Waals surface area contributed by atoms with E-state index in [1.54, 1.807) is 18.2 Å². The lowest BCUT2D eigenvalue weighted by Gasteiger charge is -2.05. The minimum atomic E-state index is -3.89. The van der Waals surface area contributed by atoms with Crippen LogP contribution in [0.3, 0.4) is 0 Å². The van der Waals surface area contributed by atoms with Crippen molar-refractivity contribution < 1.29 is 17.6 Å². The van der Waals surface area contributed by atoms with Crippen molar-refractivity contribution >= 4 is 67.4 Å². The van der Waals surface area contributed by atoms with Crippen molar-refractivity contribution in [1.82, 2.24) is 14.9 Å². The Morgan fingerprint density at radius 3 is 2.68 bits per heavy atom. The number of halogens is 3. The number of aromatic nitrogens is 2. The Labute approximate surface area is 196 Å². The number of hydrogen-bond donors (Lipinski definition) is 2. The maximum Gasteiger partial charge on any atom is 0.269 e. The minimum absolute atomic E-state index is 0.00493. The molecule has 1 amide bonds. The van der Waals surface area contributed by atoms with Gasteiger partial charge in [-0.2, -0.15) is 11.8 Å². The average molecular weight is 521 g/mol. The standard InChI is InChI=1S/C18H15Cl2FN4O3S3/c19-12-5-6-13(14(20)9-12)16(26)23-17-24-25-18(30-17)31(27,28)22-7-8-29-10-11-3-1-2-4-15(11)21/h1-6,9,22H,7-8,10H2,(H,23,24,26). The first-order chi connectivity index (χ1) is 14.8. The van der Waals surface area contributed by atoms with E-state index in [1.807, 2.05) is 0 Å². The van der Waals surface area contributed by atoms with Gasteiger partial charge in [0.05, 0.1) is 10.6 Å². The van der Waals surface area contributed by atoms with E-state index in [-0.39, 0.29) is 32.4 Å². The van der Waals surface area contributed by atoms with Gasteiger partial charge in [0.25, 0.3) is 15.9 Å². The molecule has 3 aromatic rings. The summed E-state index contributed by atoms with van der Waals surface area (Å²) in [5.74, 6) is -0.0000321. The Kier molecular flexibility index (Phi) is 8.25. The Hall–Kier alpha value is -1.76. The number of hydrogen-bond acceptors (Lipinski definition) is 7. The molecule has 0 aliphatic carbocycles. The molecule has 0 spiro atoms. The molecule has 0 radical (unpaired) electrons. The van der Waals surface area contributed by atoms with E-state index in [0.717, 1.165) is 0 Å². The molecule has 7 nitrogen and oxygen atoms in total. The largest absolute Gasteiger partial charge is 0.296 e. The average Bonchev–Trinajstić information content (AvgIpc) is 3.18. The second-order valence-corrected chi connectivity index (χ2v) is 10.9. The molecule has 1 aromatic heterocycles. The topological polar surface area (TPSA) is 101 Å². The van der Waals surface area contributed by atoms with Gasteiger partial charge >= 0.3 is 0 Å². The molecule has 0 unspecified atom stereocenters. The van der Waals surface area contributed by atoms with Gasteiger partial charge in [-0.1, -0.05) is 52.7 Å². The number of sulfonamides is 1. The van der Waals surface area contributed by atoms with Crippen LogP contribution >= 0.6 is 46.3 Å². The molecule has 0 fully saturated rings. The van der Waals surface area contributed by atoms with Crippen molar-refractivity contribution in [2.45, 2.75) is 10.1 Å². The number of carbonyl (C=O) groups is 1. The van der Waals surface area contributed by atoms with Crippen molar-refractivity contribution in [1.29, 1.82) is 0 Å². The first-order valence-electron chi connectivity index (χ1n) is 8.67. The van der Waals surface area contributed by atoms with Crippen molar-refractivity contribution in [2.24, 2.45) is 0 Å². The molecule has 0 aliphatic rings. The summed E-state index contributed by atoms with van der Waals surface area (Å²) in [7, 11) is -3.89. The van der Waals surface area contributed by atoms with Gasteiger partial charge in [-0.05, 0) is 29.8 Å². The van der Waals surface area contributed by atoms with E-state index in [9.17, 15) is 17.6 Å². The van der Waals surface area contributed by atoms with Crippen molar-refractivity contribution in [3.8, 4) is 0 Å². The van der Waals surface area contributed by atoms with E-state index in [4.69, 9.17) is 23.2 Å². The third kappa shape index (κ3) is 6.61. The van der Waals surface area contributed by atoms with Gasteiger partial charge in [0, 0.05) is 23.1 Å². The van der Waals surface area contributed by atoms with Crippen LogP contribution in [-0.4, -0.2) is 36.8 Å². The van der Waals surface area contributed by atoms with Crippen LogP contribution in [0.5, 0.6) is 0 Å². The molecular weight excluding hydrogens is 506 g/mol. The molecule has 3 rings (SSSR count). The highest BCUT2D eigenvalue weighted by molar-refractivity contribution is 7.98. The van der Waals surface area contributed by atoms with E-state index >= 15 is 0 Å². The lowest BCUT2D eigenvalue weighted by molar-refractivity contribution is 0.102. The summed E-state index contributed by atoms with van der Waals surface area (Å²) in [5, 5.41) is 10.3. The highest BCUT2D eigenvalue weighted by atomic mass is 35.5. The molecule has 0 aliphatic heterocycles. The predicted molar refractivity (Wildman–Crippen MR) is 122 cm³/mol. The van der Waals surface area contributed by atoms with Gasteiger partial charge in [0.2, 0.25) is 9.47 Å². The van der Waals surface area contributed by atoms with Gasteiger partial charge < -0.3 is 0 Å². The maximum absolute atomic E-state index is 13.6. The quantitative estimate of drug-likeness (QED) is 0.319.